The van der Waals surface area contributed by atoms with Gasteiger partial charge >= 0.3 is 0 Å². The largest absolute Gasteiger partial charge is 0.505 e. The number of hydrogen-bond acceptors (Lipinski definition) is 5. The monoisotopic (exact) mass is 327 g/mol. The van der Waals surface area contributed by atoms with Gasteiger partial charge in [0.2, 0.25) is 0 Å². The highest BCUT2D eigenvalue weighted by atomic mass is 16.5. The van der Waals surface area contributed by atoms with E-state index >= 15 is 0 Å². The molecule has 1 heterocycles. The fraction of sp³-hybridized carbons (Fsp3) is 0.474. The Morgan fingerprint density at radius 2 is 1.96 bits per heavy atom. The zero-order chi connectivity index (χ0) is 16.8. The third-order valence-corrected chi connectivity index (χ3v) is 4.50. The van der Waals surface area contributed by atoms with Gasteiger partial charge in [0.1, 0.15) is 5.69 Å². The minimum Gasteiger partial charge on any atom is -0.505 e. The Bertz CT molecular complexity index is 709. The lowest BCUT2D eigenvalue weighted by Crippen LogP contribution is -2.37. The Balaban J connectivity index is 1.61. The van der Waals surface area contributed by atoms with Crippen molar-refractivity contribution < 1.29 is 9.84 Å². The van der Waals surface area contributed by atoms with E-state index in [-0.39, 0.29) is 5.75 Å². The Morgan fingerprint density at radius 1 is 1.12 bits per heavy atom. The molecule has 128 valence electrons. The SMILES string of the molecule is CCc1cccc2c(O)c(N=NCCCN3CCOCC3)ccc12. The lowest BCUT2D eigenvalue weighted by molar-refractivity contribution is 0.0377. The van der Waals surface area contributed by atoms with E-state index in [1.54, 1.807) is 0 Å². The Hall–Kier alpha value is -1.98. The number of ether oxygens (including phenoxy) is 1. The molecule has 5 heteroatoms. The van der Waals surface area contributed by atoms with Crippen molar-refractivity contribution in [3.63, 3.8) is 0 Å². The molecule has 2 aromatic rings. The Kier molecular flexibility index (Phi) is 5.77. The summed E-state index contributed by atoms with van der Waals surface area (Å²) >= 11 is 0. The van der Waals surface area contributed by atoms with Crippen molar-refractivity contribution >= 4 is 16.5 Å². The molecule has 1 aliphatic heterocycles. The summed E-state index contributed by atoms with van der Waals surface area (Å²) in [6.45, 7) is 7.47. The molecule has 0 unspecified atom stereocenters. The van der Waals surface area contributed by atoms with Crippen LogP contribution in [0.25, 0.3) is 10.8 Å². The summed E-state index contributed by atoms with van der Waals surface area (Å²) in [5.41, 5.74) is 1.78. The molecule has 0 aliphatic carbocycles. The van der Waals surface area contributed by atoms with Gasteiger partial charge in [-0.05, 0) is 29.9 Å². The number of phenolic OH excluding ortho intramolecular Hbond substituents is 1. The number of phenols is 1. The van der Waals surface area contributed by atoms with Crippen molar-refractivity contribution in [1.82, 2.24) is 4.90 Å². The molecular weight excluding hydrogens is 302 g/mol. The second-order valence-electron chi connectivity index (χ2n) is 6.07. The van der Waals surface area contributed by atoms with Crippen molar-refractivity contribution in [2.75, 3.05) is 39.4 Å². The summed E-state index contributed by atoms with van der Waals surface area (Å²) in [7, 11) is 0. The minimum absolute atomic E-state index is 0.222. The van der Waals surface area contributed by atoms with Crippen LogP contribution in [0, 0.1) is 0 Å². The van der Waals surface area contributed by atoms with Gasteiger partial charge in [0.15, 0.2) is 5.75 Å². The molecule has 1 fully saturated rings. The molecule has 0 aromatic heterocycles. The van der Waals surface area contributed by atoms with Crippen molar-refractivity contribution in [3.05, 3.63) is 35.9 Å². The van der Waals surface area contributed by atoms with Crippen LogP contribution in [0.4, 0.5) is 5.69 Å². The molecule has 0 atom stereocenters. The van der Waals surface area contributed by atoms with Gasteiger partial charge in [0.25, 0.3) is 0 Å². The summed E-state index contributed by atoms with van der Waals surface area (Å²) in [5.74, 6) is 0.222. The number of benzene rings is 2. The summed E-state index contributed by atoms with van der Waals surface area (Å²) in [5, 5.41) is 20.9. The first kappa shape index (κ1) is 16.9. The Labute approximate surface area is 143 Å². The molecule has 0 saturated carbocycles. The van der Waals surface area contributed by atoms with Gasteiger partial charge in [-0.1, -0.05) is 31.2 Å². The first-order valence-electron chi connectivity index (χ1n) is 8.70. The lowest BCUT2D eigenvalue weighted by Gasteiger charge is -2.26. The van der Waals surface area contributed by atoms with Crippen LogP contribution in [0.5, 0.6) is 5.75 Å². The normalized spacial score (nSPS) is 16.2. The molecule has 0 spiro atoms. The fourth-order valence-corrected chi connectivity index (χ4v) is 3.10. The van der Waals surface area contributed by atoms with Gasteiger partial charge in [-0.3, -0.25) is 4.90 Å². The third kappa shape index (κ3) is 3.91. The molecule has 5 nitrogen and oxygen atoms in total. The maximum absolute atomic E-state index is 10.5. The second-order valence-corrected chi connectivity index (χ2v) is 6.07. The number of hydrogen-bond donors (Lipinski definition) is 1. The second kappa shape index (κ2) is 8.22. The van der Waals surface area contributed by atoms with Crippen molar-refractivity contribution in [2.24, 2.45) is 10.2 Å². The van der Waals surface area contributed by atoms with Gasteiger partial charge in [-0.15, -0.1) is 0 Å². The minimum atomic E-state index is 0.222. The van der Waals surface area contributed by atoms with Gasteiger partial charge in [0, 0.05) is 25.0 Å². The van der Waals surface area contributed by atoms with E-state index in [0.29, 0.717) is 12.2 Å². The van der Waals surface area contributed by atoms with Crippen LogP contribution in [0.15, 0.2) is 40.6 Å². The predicted molar refractivity (Wildman–Crippen MR) is 96.2 cm³/mol. The molecule has 3 rings (SSSR count). The topological polar surface area (TPSA) is 57.4 Å². The summed E-state index contributed by atoms with van der Waals surface area (Å²) in [6, 6.07) is 9.87. The number of morpholine rings is 1. The van der Waals surface area contributed by atoms with Gasteiger partial charge in [-0.25, -0.2) is 0 Å². The summed E-state index contributed by atoms with van der Waals surface area (Å²) in [6.07, 6.45) is 1.91. The first-order valence-corrected chi connectivity index (χ1v) is 8.70. The van der Waals surface area contributed by atoms with Gasteiger partial charge in [-0.2, -0.15) is 10.2 Å². The van der Waals surface area contributed by atoms with Crippen LogP contribution in [-0.2, 0) is 11.2 Å². The molecule has 1 aliphatic rings. The molecule has 0 bridgehead atoms. The number of aryl methyl sites for hydroxylation is 1. The lowest BCUT2D eigenvalue weighted by atomic mass is 10.0. The van der Waals surface area contributed by atoms with Crippen LogP contribution in [-0.4, -0.2) is 49.4 Å². The molecule has 1 saturated heterocycles. The Morgan fingerprint density at radius 3 is 2.75 bits per heavy atom. The number of aromatic hydroxyl groups is 1. The van der Waals surface area contributed by atoms with Crippen molar-refractivity contribution in [3.8, 4) is 5.75 Å². The maximum Gasteiger partial charge on any atom is 0.150 e. The average molecular weight is 327 g/mol. The van der Waals surface area contributed by atoms with E-state index in [1.807, 2.05) is 24.3 Å². The van der Waals surface area contributed by atoms with Crippen molar-refractivity contribution in [2.45, 2.75) is 19.8 Å². The maximum atomic E-state index is 10.5. The zero-order valence-electron chi connectivity index (χ0n) is 14.2. The van der Waals surface area contributed by atoms with Crippen LogP contribution in [0.1, 0.15) is 18.9 Å². The van der Waals surface area contributed by atoms with Crippen molar-refractivity contribution in [1.29, 1.82) is 0 Å². The van der Waals surface area contributed by atoms with E-state index in [2.05, 4.69) is 28.1 Å². The zero-order valence-corrected chi connectivity index (χ0v) is 14.2. The standard InChI is InChI=1S/C19H25N3O2/c1-2-15-5-3-6-17-16(15)7-8-18(19(17)23)21-20-9-4-10-22-11-13-24-14-12-22/h3,5-8,23H,2,4,9-14H2,1H3. The van der Waals surface area contributed by atoms with Crippen LogP contribution in [0.2, 0.25) is 0 Å². The number of rotatable bonds is 6. The van der Waals surface area contributed by atoms with Crippen LogP contribution >= 0.6 is 0 Å². The summed E-state index contributed by atoms with van der Waals surface area (Å²) in [4.78, 5) is 2.39. The predicted octanol–water partition coefficient (Wildman–Crippen LogP) is 3.91. The molecule has 0 radical (unpaired) electrons. The molecular formula is C19H25N3O2. The number of fused-ring (bicyclic) bond motifs is 1. The molecule has 24 heavy (non-hydrogen) atoms. The smallest absolute Gasteiger partial charge is 0.150 e. The van der Waals surface area contributed by atoms with E-state index in [0.717, 1.165) is 56.5 Å². The van der Waals surface area contributed by atoms with E-state index < -0.39 is 0 Å². The van der Waals surface area contributed by atoms with E-state index in [9.17, 15) is 5.11 Å². The first-order chi connectivity index (χ1) is 11.8. The number of nitrogens with zero attached hydrogens (tertiary/aromatic N) is 3. The number of azo groups is 1. The molecule has 0 amide bonds. The van der Waals surface area contributed by atoms with Crippen LogP contribution in [0.3, 0.4) is 0 Å². The highest BCUT2D eigenvalue weighted by Gasteiger charge is 2.10. The van der Waals surface area contributed by atoms with Gasteiger partial charge in [0.05, 0.1) is 19.8 Å². The van der Waals surface area contributed by atoms with Gasteiger partial charge < -0.3 is 9.84 Å². The third-order valence-electron chi connectivity index (χ3n) is 4.50. The van der Waals surface area contributed by atoms with Crippen LogP contribution < -0.4 is 0 Å². The average Bonchev–Trinajstić information content (AvgIpc) is 2.63. The summed E-state index contributed by atoms with van der Waals surface area (Å²) < 4.78 is 5.34. The quantitative estimate of drug-likeness (QED) is 0.646. The highest BCUT2D eigenvalue weighted by molar-refractivity contribution is 5.94. The molecule has 1 N–H and O–H groups in total. The molecule has 2 aromatic carbocycles. The highest BCUT2D eigenvalue weighted by Crippen LogP contribution is 2.36. The fourth-order valence-electron chi connectivity index (χ4n) is 3.10. The van der Waals surface area contributed by atoms with E-state index in [1.165, 1.54) is 5.56 Å². The van der Waals surface area contributed by atoms with E-state index in [4.69, 9.17) is 4.74 Å².